The Balaban J connectivity index is 1.73. The molecule has 166 valence electrons. The molecule has 1 aromatic heterocycles. The summed E-state index contributed by atoms with van der Waals surface area (Å²) >= 11 is 2.51. The quantitative estimate of drug-likeness (QED) is 0.190. The molecule has 0 aliphatic heterocycles. The highest BCUT2D eigenvalue weighted by Gasteiger charge is 2.21. The van der Waals surface area contributed by atoms with Crippen molar-refractivity contribution in [3.8, 4) is 11.5 Å². The number of Topliss-reactive ketones (excluding diaryl/α,β-unsaturated/α-hetero) is 1. The van der Waals surface area contributed by atoms with Crippen LogP contribution in [0.1, 0.15) is 26.4 Å². The highest BCUT2D eigenvalue weighted by molar-refractivity contribution is 8.01. The first-order valence-electron chi connectivity index (χ1n) is 9.13. The molecule has 0 spiro atoms. The van der Waals surface area contributed by atoms with E-state index in [2.05, 4.69) is 4.98 Å². The van der Waals surface area contributed by atoms with E-state index >= 15 is 0 Å². The van der Waals surface area contributed by atoms with Crippen LogP contribution in [-0.4, -0.2) is 42.5 Å². The molecule has 0 fully saturated rings. The van der Waals surface area contributed by atoms with Crippen molar-refractivity contribution < 1.29 is 28.7 Å². The molecule has 0 atom stereocenters. The van der Waals surface area contributed by atoms with Crippen LogP contribution in [0.3, 0.4) is 0 Å². The number of hydrogen-bond donors (Lipinski definition) is 0. The summed E-state index contributed by atoms with van der Waals surface area (Å²) in [5.74, 6) is -0.553. The van der Waals surface area contributed by atoms with Crippen LogP contribution in [-0.2, 0) is 4.74 Å². The lowest BCUT2D eigenvalue weighted by atomic mass is 10.1. The maximum atomic E-state index is 12.5. The monoisotopic (exact) mass is 474 g/mol. The number of rotatable bonds is 9. The van der Waals surface area contributed by atoms with Gasteiger partial charge in [0.05, 0.1) is 35.2 Å². The Labute approximate surface area is 191 Å². The van der Waals surface area contributed by atoms with Crippen molar-refractivity contribution in [3.05, 3.63) is 68.7 Å². The van der Waals surface area contributed by atoms with Gasteiger partial charge in [0.2, 0.25) is 5.78 Å². The number of nitro groups is 1. The number of carbonyl (C=O) groups is 2. The van der Waals surface area contributed by atoms with Crippen molar-refractivity contribution in [2.75, 3.05) is 20.8 Å². The van der Waals surface area contributed by atoms with Gasteiger partial charge in [-0.15, -0.1) is 11.3 Å². The van der Waals surface area contributed by atoms with Crippen LogP contribution in [0.4, 0.5) is 5.69 Å². The van der Waals surface area contributed by atoms with E-state index in [1.54, 1.807) is 12.1 Å². The van der Waals surface area contributed by atoms with Gasteiger partial charge in [0.15, 0.2) is 10.9 Å². The Morgan fingerprint density at radius 1 is 1.16 bits per heavy atom. The topological polar surface area (TPSA) is 118 Å². The number of aryl methyl sites for hydroxylation is 1. The first kappa shape index (κ1) is 23.2. The Morgan fingerprint density at radius 2 is 1.94 bits per heavy atom. The minimum absolute atomic E-state index is 0.0362. The van der Waals surface area contributed by atoms with Crippen LogP contribution in [0.15, 0.2) is 51.0 Å². The number of carbonyl (C=O) groups excluding carboxylic acids is 2. The Morgan fingerprint density at radius 3 is 2.56 bits per heavy atom. The zero-order valence-corrected chi connectivity index (χ0v) is 19.0. The Hall–Kier alpha value is -3.44. The molecule has 0 bridgehead atoms. The second-order valence-corrected chi connectivity index (χ2v) is 8.51. The van der Waals surface area contributed by atoms with Gasteiger partial charge in [0.1, 0.15) is 11.5 Å². The first-order chi connectivity index (χ1) is 15.3. The van der Waals surface area contributed by atoms with Crippen molar-refractivity contribution >= 4 is 40.5 Å². The van der Waals surface area contributed by atoms with Gasteiger partial charge in [-0.25, -0.2) is 9.78 Å². The maximum absolute atomic E-state index is 12.5. The molecule has 0 saturated carbocycles. The normalized spacial score (nSPS) is 10.5. The lowest BCUT2D eigenvalue weighted by Gasteiger charge is -2.10. The fourth-order valence-corrected chi connectivity index (χ4v) is 4.55. The Bertz CT molecular complexity index is 1180. The fourth-order valence-electron chi connectivity index (χ4n) is 2.67. The van der Waals surface area contributed by atoms with Gasteiger partial charge in [-0.1, -0.05) is 11.8 Å². The van der Waals surface area contributed by atoms with Gasteiger partial charge >= 0.3 is 5.97 Å². The van der Waals surface area contributed by atoms with Crippen molar-refractivity contribution in [1.82, 2.24) is 4.98 Å². The predicted molar refractivity (Wildman–Crippen MR) is 118 cm³/mol. The van der Waals surface area contributed by atoms with E-state index in [0.29, 0.717) is 15.0 Å². The number of methoxy groups -OCH3 is 2. The van der Waals surface area contributed by atoms with E-state index in [4.69, 9.17) is 14.2 Å². The highest BCUT2D eigenvalue weighted by atomic mass is 32.2. The van der Waals surface area contributed by atoms with E-state index in [-0.39, 0.29) is 22.6 Å². The molecule has 0 N–H and O–H groups in total. The molecule has 3 aromatic rings. The van der Waals surface area contributed by atoms with Crippen molar-refractivity contribution in [1.29, 1.82) is 0 Å². The zero-order valence-electron chi connectivity index (χ0n) is 17.3. The summed E-state index contributed by atoms with van der Waals surface area (Å²) in [5.41, 5.74) is 0.752. The Kier molecular flexibility index (Phi) is 7.44. The molecule has 0 amide bonds. The van der Waals surface area contributed by atoms with Crippen LogP contribution in [0.25, 0.3) is 0 Å². The van der Waals surface area contributed by atoms with Crippen LogP contribution in [0.5, 0.6) is 11.5 Å². The summed E-state index contributed by atoms with van der Waals surface area (Å²) in [6, 6.07) is 8.63. The molecule has 0 radical (unpaired) electrons. The van der Waals surface area contributed by atoms with Gasteiger partial charge < -0.3 is 14.2 Å². The SMILES string of the molecule is COc1ccc(C(=O)COC(=O)c2ccc(Sc3nc(C)cs3)c([N+](=O)[O-])c2)c(OC)c1. The zero-order chi connectivity index (χ0) is 23.3. The molecule has 0 unspecified atom stereocenters. The van der Waals surface area contributed by atoms with E-state index in [1.807, 2.05) is 12.3 Å². The molecular weight excluding hydrogens is 456 g/mol. The van der Waals surface area contributed by atoms with Crippen molar-refractivity contribution in [3.63, 3.8) is 0 Å². The van der Waals surface area contributed by atoms with Crippen LogP contribution >= 0.6 is 23.1 Å². The number of esters is 1. The number of hydrogen-bond acceptors (Lipinski definition) is 10. The molecule has 32 heavy (non-hydrogen) atoms. The standard InChI is InChI=1S/C21H18N2O7S2/c1-12-11-31-21(22-12)32-19-7-4-13(8-16(19)23(26)27)20(25)30-10-17(24)15-6-5-14(28-2)9-18(15)29-3/h4-9,11H,10H2,1-3H3. The number of thiazole rings is 1. The van der Waals surface area contributed by atoms with E-state index in [1.165, 1.54) is 43.8 Å². The number of nitrogens with zero attached hydrogens (tertiary/aromatic N) is 2. The molecule has 0 aliphatic rings. The maximum Gasteiger partial charge on any atom is 0.338 e. The van der Waals surface area contributed by atoms with Gasteiger partial charge in [-0.3, -0.25) is 14.9 Å². The van der Waals surface area contributed by atoms with Crippen LogP contribution < -0.4 is 9.47 Å². The van der Waals surface area contributed by atoms with Gasteiger partial charge in [0.25, 0.3) is 5.69 Å². The molecule has 9 nitrogen and oxygen atoms in total. The third-order valence-electron chi connectivity index (χ3n) is 4.23. The fraction of sp³-hybridized carbons (Fsp3) is 0.190. The summed E-state index contributed by atoms with van der Waals surface area (Å²) in [6.07, 6.45) is 0. The molecule has 3 rings (SSSR count). The molecule has 0 aliphatic carbocycles. The average Bonchev–Trinajstić information content (AvgIpc) is 3.21. The van der Waals surface area contributed by atoms with Gasteiger partial charge in [-0.05, 0) is 31.2 Å². The number of ether oxygens (including phenoxy) is 3. The number of ketones is 1. The third-order valence-corrected chi connectivity index (χ3v) is 6.35. The lowest BCUT2D eigenvalue weighted by molar-refractivity contribution is -0.387. The van der Waals surface area contributed by atoms with Crippen molar-refractivity contribution in [2.24, 2.45) is 0 Å². The summed E-state index contributed by atoms with van der Waals surface area (Å²) < 4.78 is 16.0. The molecule has 0 saturated heterocycles. The summed E-state index contributed by atoms with van der Waals surface area (Å²) in [6.45, 7) is 1.28. The predicted octanol–water partition coefficient (Wildman–Crippen LogP) is 4.57. The average molecular weight is 475 g/mol. The third kappa shape index (κ3) is 5.42. The molecular formula is C21H18N2O7S2. The van der Waals surface area contributed by atoms with Crippen molar-refractivity contribution in [2.45, 2.75) is 16.2 Å². The van der Waals surface area contributed by atoms with Gasteiger partial charge in [-0.2, -0.15) is 0 Å². The van der Waals surface area contributed by atoms with Crippen LogP contribution in [0.2, 0.25) is 0 Å². The second kappa shape index (κ2) is 10.2. The minimum Gasteiger partial charge on any atom is -0.497 e. The number of nitro benzene ring substituents is 1. The van der Waals surface area contributed by atoms with E-state index < -0.39 is 23.3 Å². The second-order valence-electron chi connectivity index (χ2n) is 6.36. The number of aromatic nitrogens is 1. The summed E-state index contributed by atoms with van der Waals surface area (Å²) in [5, 5.41) is 13.4. The van der Waals surface area contributed by atoms with Crippen LogP contribution in [0, 0.1) is 17.0 Å². The van der Waals surface area contributed by atoms with Gasteiger partial charge in [0, 0.05) is 23.2 Å². The largest absolute Gasteiger partial charge is 0.497 e. The molecule has 11 heteroatoms. The first-order valence-corrected chi connectivity index (χ1v) is 10.8. The number of benzene rings is 2. The smallest absolute Gasteiger partial charge is 0.338 e. The van der Waals surface area contributed by atoms with E-state index in [9.17, 15) is 19.7 Å². The molecule has 1 heterocycles. The highest BCUT2D eigenvalue weighted by Crippen LogP contribution is 2.37. The minimum atomic E-state index is -0.851. The lowest BCUT2D eigenvalue weighted by Crippen LogP contribution is -2.15. The summed E-state index contributed by atoms with van der Waals surface area (Å²) in [4.78, 5) is 40.5. The summed E-state index contributed by atoms with van der Waals surface area (Å²) in [7, 11) is 2.89. The molecule has 2 aromatic carbocycles. The van der Waals surface area contributed by atoms with E-state index in [0.717, 1.165) is 23.5 Å².